The molecule has 0 aliphatic rings. The van der Waals surface area contributed by atoms with Gasteiger partial charge in [-0.25, -0.2) is 4.98 Å². The zero-order valence-corrected chi connectivity index (χ0v) is 13.0. The van der Waals surface area contributed by atoms with Gasteiger partial charge in [-0.1, -0.05) is 20.8 Å². The van der Waals surface area contributed by atoms with E-state index >= 15 is 0 Å². The molecule has 0 amide bonds. The van der Waals surface area contributed by atoms with Crippen molar-refractivity contribution in [2.45, 2.75) is 46.2 Å². The number of nitrogens with one attached hydrogen (secondary N) is 1. The minimum atomic E-state index is 0.410. The lowest BCUT2D eigenvalue weighted by Gasteiger charge is -2.09. The van der Waals surface area contributed by atoms with Gasteiger partial charge in [-0.05, 0) is 25.1 Å². The van der Waals surface area contributed by atoms with E-state index in [2.05, 4.69) is 66.4 Å². The van der Waals surface area contributed by atoms with Crippen molar-refractivity contribution in [3.8, 4) is 0 Å². The second-order valence-corrected chi connectivity index (χ2v) is 6.12. The van der Waals surface area contributed by atoms with Gasteiger partial charge >= 0.3 is 0 Å². The lowest BCUT2D eigenvalue weighted by molar-refractivity contribution is 0.596. The highest BCUT2D eigenvalue weighted by atomic mass is 32.1. The van der Waals surface area contributed by atoms with E-state index in [1.807, 2.05) is 0 Å². The summed E-state index contributed by atoms with van der Waals surface area (Å²) in [4.78, 5) is 4.68. The lowest BCUT2D eigenvalue weighted by Crippen LogP contribution is -2.17. The summed E-state index contributed by atoms with van der Waals surface area (Å²) in [5.41, 5.74) is 2.49. The number of hydrogen-bond donors (Lipinski definition) is 1. The summed E-state index contributed by atoms with van der Waals surface area (Å²) in [5, 5.41) is 6.83. The smallest absolute Gasteiger partial charge is 0.0954 e. The average molecular weight is 277 g/mol. The zero-order valence-electron chi connectivity index (χ0n) is 12.2. The lowest BCUT2D eigenvalue weighted by atomic mass is 10.2. The largest absolute Gasteiger partial charge is 0.348 e. The fourth-order valence-electron chi connectivity index (χ4n) is 2.09. The quantitative estimate of drug-likeness (QED) is 0.870. The molecule has 0 saturated heterocycles. The summed E-state index contributed by atoms with van der Waals surface area (Å²) in [6.45, 7) is 10.6. The van der Waals surface area contributed by atoms with Crippen molar-refractivity contribution in [2.24, 2.45) is 0 Å². The molecule has 0 saturated carbocycles. The molecule has 3 nitrogen and oxygen atoms in total. The van der Waals surface area contributed by atoms with Gasteiger partial charge in [-0.2, -0.15) is 0 Å². The van der Waals surface area contributed by atoms with Crippen LogP contribution in [0.5, 0.6) is 0 Å². The summed E-state index contributed by atoms with van der Waals surface area (Å²) < 4.78 is 2.21. The summed E-state index contributed by atoms with van der Waals surface area (Å²) >= 11 is 1.76. The number of nitrogens with zero attached hydrogens (tertiary/aromatic N) is 2. The zero-order chi connectivity index (χ0) is 13.8. The molecule has 104 valence electrons. The van der Waals surface area contributed by atoms with Gasteiger partial charge in [0.15, 0.2) is 0 Å². The normalized spacial score (nSPS) is 13.1. The highest BCUT2D eigenvalue weighted by molar-refractivity contribution is 7.09. The van der Waals surface area contributed by atoms with Crippen molar-refractivity contribution >= 4 is 11.3 Å². The third-order valence-electron chi connectivity index (χ3n) is 3.19. The Hall–Kier alpha value is -1.13. The van der Waals surface area contributed by atoms with Gasteiger partial charge in [0.05, 0.1) is 17.2 Å². The molecular formula is C15H23N3S. The van der Waals surface area contributed by atoms with E-state index in [1.165, 1.54) is 10.6 Å². The third kappa shape index (κ3) is 3.67. The van der Waals surface area contributed by atoms with Crippen molar-refractivity contribution in [3.05, 3.63) is 40.1 Å². The molecule has 0 bridgehead atoms. The Bertz CT molecular complexity index is 513. The van der Waals surface area contributed by atoms with Crippen LogP contribution in [-0.4, -0.2) is 16.1 Å². The summed E-state index contributed by atoms with van der Waals surface area (Å²) in [6, 6.07) is 2.59. The molecule has 2 heterocycles. The van der Waals surface area contributed by atoms with Crippen LogP contribution in [0.1, 0.15) is 55.9 Å². The van der Waals surface area contributed by atoms with Crippen LogP contribution in [0.15, 0.2) is 23.8 Å². The standard InChI is InChI=1S/C15H23N3S/c1-5-16-12(4)13-6-7-18(8-13)9-14-10-19-15(17-14)11(2)3/h6-8,10-12,16H,5,9H2,1-4H3. The highest BCUT2D eigenvalue weighted by Crippen LogP contribution is 2.20. The maximum absolute atomic E-state index is 4.68. The first-order chi connectivity index (χ1) is 9.10. The Kier molecular flexibility index (Phi) is 4.77. The first-order valence-corrected chi connectivity index (χ1v) is 7.81. The molecule has 1 atom stereocenters. The molecule has 4 heteroatoms. The number of rotatable bonds is 6. The van der Waals surface area contributed by atoms with Crippen molar-refractivity contribution in [1.82, 2.24) is 14.9 Å². The van der Waals surface area contributed by atoms with Gasteiger partial charge in [0.2, 0.25) is 0 Å². The maximum Gasteiger partial charge on any atom is 0.0954 e. The Labute approximate surface area is 119 Å². The van der Waals surface area contributed by atoms with Gasteiger partial charge in [0.25, 0.3) is 0 Å². The average Bonchev–Trinajstić information content (AvgIpc) is 2.99. The van der Waals surface area contributed by atoms with Crippen molar-refractivity contribution < 1.29 is 0 Å². The van der Waals surface area contributed by atoms with Crippen LogP contribution in [0.25, 0.3) is 0 Å². The van der Waals surface area contributed by atoms with E-state index in [0.29, 0.717) is 12.0 Å². The van der Waals surface area contributed by atoms with Crippen LogP contribution in [0.4, 0.5) is 0 Å². The van der Waals surface area contributed by atoms with Crippen LogP contribution in [0.2, 0.25) is 0 Å². The van der Waals surface area contributed by atoms with E-state index in [0.717, 1.165) is 18.8 Å². The summed E-state index contributed by atoms with van der Waals surface area (Å²) in [6.07, 6.45) is 4.35. The number of hydrogen-bond acceptors (Lipinski definition) is 3. The minimum absolute atomic E-state index is 0.410. The van der Waals surface area contributed by atoms with Crippen LogP contribution >= 0.6 is 11.3 Å². The van der Waals surface area contributed by atoms with Gasteiger partial charge in [-0.3, -0.25) is 0 Å². The van der Waals surface area contributed by atoms with Crippen LogP contribution in [0, 0.1) is 0 Å². The molecular weight excluding hydrogens is 254 g/mol. The fourth-order valence-corrected chi connectivity index (χ4v) is 2.91. The van der Waals surface area contributed by atoms with E-state index in [1.54, 1.807) is 11.3 Å². The van der Waals surface area contributed by atoms with E-state index in [4.69, 9.17) is 0 Å². The van der Waals surface area contributed by atoms with E-state index < -0.39 is 0 Å². The van der Waals surface area contributed by atoms with E-state index in [-0.39, 0.29) is 0 Å². The van der Waals surface area contributed by atoms with E-state index in [9.17, 15) is 0 Å². The van der Waals surface area contributed by atoms with Crippen molar-refractivity contribution in [1.29, 1.82) is 0 Å². The summed E-state index contributed by atoms with van der Waals surface area (Å²) in [7, 11) is 0. The van der Waals surface area contributed by atoms with Crippen LogP contribution in [0.3, 0.4) is 0 Å². The Morgan fingerprint density at radius 3 is 2.79 bits per heavy atom. The topological polar surface area (TPSA) is 29.9 Å². The molecule has 0 spiro atoms. The Balaban J connectivity index is 2.02. The molecule has 2 aromatic rings. The molecule has 0 fully saturated rings. The minimum Gasteiger partial charge on any atom is -0.348 e. The Morgan fingerprint density at radius 2 is 2.16 bits per heavy atom. The van der Waals surface area contributed by atoms with Gasteiger partial charge < -0.3 is 9.88 Å². The highest BCUT2D eigenvalue weighted by Gasteiger charge is 2.08. The summed E-state index contributed by atoms with van der Waals surface area (Å²) in [5.74, 6) is 0.521. The predicted molar refractivity (Wildman–Crippen MR) is 81.8 cm³/mol. The second-order valence-electron chi connectivity index (χ2n) is 5.23. The van der Waals surface area contributed by atoms with Crippen molar-refractivity contribution in [2.75, 3.05) is 6.54 Å². The second kappa shape index (κ2) is 6.35. The molecule has 0 aliphatic carbocycles. The fraction of sp³-hybridized carbons (Fsp3) is 0.533. The maximum atomic E-state index is 4.68. The first kappa shape index (κ1) is 14.3. The third-order valence-corrected chi connectivity index (χ3v) is 4.39. The molecule has 0 aromatic carbocycles. The monoisotopic (exact) mass is 277 g/mol. The molecule has 0 aliphatic heterocycles. The number of aromatic nitrogens is 2. The SMILES string of the molecule is CCNC(C)c1ccn(Cc2csc(C(C)C)n2)c1. The van der Waals surface area contributed by atoms with Crippen molar-refractivity contribution in [3.63, 3.8) is 0 Å². The first-order valence-electron chi connectivity index (χ1n) is 6.93. The van der Waals surface area contributed by atoms with Gasteiger partial charge in [-0.15, -0.1) is 11.3 Å². The predicted octanol–water partition coefficient (Wildman–Crippen LogP) is 3.79. The molecule has 1 unspecified atom stereocenters. The number of thiazole rings is 1. The molecule has 2 aromatic heterocycles. The van der Waals surface area contributed by atoms with Gasteiger partial charge in [0, 0.05) is 29.7 Å². The van der Waals surface area contributed by atoms with Gasteiger partial charge in [0.1, 0.15) is 0 Å². The molecule has 1 N–H and O–H groups in total. The molecule has 2 rings (SSSR count). The molecule has 19 heavy (non-hydrogen) atoms. The van der Waals surface area contributed by atoms with Crippen LogP contribution < -0.4 is 5.32 Å². The molecule has 0 radical (unpaired) electrons. The van der Waals surface area contributed by atoms with Crippen LogP contribution in [-0.2, 0) is 6.54 Å². The Morgan fingerprint density at radius 1 is 1.37 bits per heavy atom.